The van der Waals surface area contributed by atoms with E-state index in [4.69, 9.17) is 4.74 Å². The van der Waals surface area contributed by atoms with Crippen molar-refractivity contribution in [1.29, 1.82) is 0 Å². The van der Waals surface area contributed by atoms with Gasteiger partial charge >= 0.3 is 0 Å². The van der Waals surface area contributed by atoms with E-state index in [2.05, 4.69) is 0 Å². The minimum Gasteiger partial charge on any atom is -0.379 e. The lowest BCUT2D eigenvalue weighted by atomic mass is 10.2. The van der Waals surface area contributed by atoms with E-state index in [9.17, 15) is 8.42 Å². The molecule has 0 saturated carbocycles. The minimum atomic E-state index is -3.27. The molecule has 1 aromatic rings. The summed E-state index contributed by atoms with van der Waals surface area (Å²) in [4.78, 5) is 0.716. The van der Waals surface area contributed by atoms with Crippen molar-refractivity contribution in [3.63, 3.8) is 0 Å². The van der Waals surface area contributed by atoms with Crippen molar-refractivity contribution in [1.82, 2.24) is 0 Å². The van der Waals surface area contributed by atoms with Gasteiger partial charge in [-0.1, -0.05) is 18.2 Å². The first-order chi connectivity index (χ1) is 6.66. The van der Waals surface area contributed by atoms with Gasteiger partial charge in [0, 0.05) is 7.11 Å². The second-order valence-corrected chi connectivity index (χ2v) is 5.06. The molecular formula is C10H10O3S. The van der Waals surface area contributed by atoms with E-state index in [1.54, 1.807) is 24.3 Å². The number of methoxy groups -OCH3 is 1. The molecular weight excluding hydrogens is 200 g/mol. The maximum absolute atomic E-state index is 11.8. The Labute approximate surface area is 82.9 Å². The quantitative estimate of drug-likeness (QED) is 0.742. The second-order valence-electron chi connectivity index (χ2n) is 3.08. The van der Waals surface area contributed by atoms with Crippen molar-refractivity contribution in [2.45, 2.75) is 4.90 Å². The molecule has 0 atom stereocenters. The Morgan fingerprint density at radius 1 is 1.29 bits per heavy atom. The number of hydrogen-bond donors (Lipinski definition) is 0. The summed E-state index contributed by atoms with van der Waals surface area (Å²) in [6.45, 7) is 0.136. The number of hydrogen-bond acceptors (Lipinski definition) is 3. The lowest BCUT2D eigenvalue weighted by molar-refractivity contribution is 0.231. The van der Waals surface area contributed by atoms with Crippen LogP contribution in [0.1, 0.15) is 5.56 Å². The summed E-state index contributed by atoms with van der Waals surface area (Å²) in [5.74, 6) is 0. The Balaban J connectivity index is 2.57. The molecule has 1 aliphatic heterocycles. The first-order valence-electron chi connectivity index (χ1n) is 4.20. The highest BCUT2D eigenvalue weighted by molar-refractivity contribution is 7.95. The molecule has 14 heavy (non-hydrogen) atoms. The molecule has 2 rings (SSSR count). The molecule has 0 bridgehead atoms. The molecule has 0 aliphatic carbocycles. The highest BCUT2D eigenvalue weighted by Crippen LogP contribution is 2.32. The predicted octanol–water partition coefficient (Wildman–Crippen LogP) is 1.46. The van der Waals surface area contributed by atoms with Crippen LogP contribution in [0.2, 0.25) is 0 Å². The largest absolute Gasteiger partial charge is 0.379 e. The van der Waals surface area contributed by atoms with E-state index in [0.29, 0.717) is 9.80 Å². The summed E-state index contributed by atoms with van der Waals surface area (Å²) in [6.07, 6.45) is 1.66. The van der Waals surface area contributed by atoms with Gasteiger partial charge in [-0.05, 0) is 17.7 Å². The van der Waals surface area contributed by atoms with Crippen LogP contribution >= 0.6 is 0 Å². The summed E-state index contributed by atoms with van der Waals surface area (Å²) >= 11 is 0. The van der Waals surface area contributed by atoms with Crippen LogP contribution in [0.4, 0.5) is 0 Å². The topological polar surface area (TPSA) is 43.4 Å². The Morgan fingerprint density at radius 2 is 2.00 bits per heavy atom. The molecule has 0 N–H and O–H groups in total. The fraction of sp³-hybridized carbons (Fsp3) is 0.200. The molecule has 0 saturated heterocycles. The van der Waals surface area contributed by atoms with Crippen LogP contribution in [0.5, 0.6) is 0 Å². The van der Waals surface area contributed by atoms with Gasteiger partial charge in [-0.25, -0.2) is 8.42 Å². The van der Waals surface area contributed by atoms with E-state index in [-0.39, 0.29) is 6.61 Å². The van der Waals surface area contributed by atoms with Crippen LogP contribution in [0.15, 0.2) is 34.1 Å². The van der Waals surface area contributed by atoms with Gasteiger partial charge in [0.25, 0.3) is 0 Å². The third-order valence-corrected chi connectivity index (χ3v) is 4.03. The van der Waals surface area contributed by atoms with Crippen LogP contribution in [-0.2, 0) is 14.6 Å². The number of rotatable bonds is 2. The van der Waals surface area contributed by atoms with Crippen molar-refractivity contribution in [3.8, 4) is 0 Å². The normalized spacial score (nSPS) is 17.6. The molecule has 1 heterocycles. The molecule has 0 aromatic heterocycles. The number of ether oxygens (including phenoxy) is 1. The Bertz CT molecular complexity index is 486. The van der Waals surface area contributed by atoms with Crippen molar-refractivity contribution < 1.29 is 13.2 Å². The molecule has 0 spiro atoms. The molecule has 0 amide bonds. The van der Waals surface area contributed by atoms with Gasteiger partial charge in [-0.2, -0.15) is 0 Å². The van der Waals surface area contributed by atoms with Crippen molar-refractivity contribution in [2.24, 2.45) is 0 Å². The lowest BCUT2D eigenvalue weighted by Gasteiger charge is -2.01. The van der Waals surface area contributed by atoms with E-state index in [1.807, 2.05) is 6.07 Å². The van der Waals surface area contributed by atoms with E-state index >= 15 is 0 Å². The lowest BCUT2D eigenvalue weighted by Crippen LogP contribution is -2.05. The molecule has 0 fully saturated rings. The Hall–Kier alpha value is -1.13. The smallest absolute Gasteiger partial charge is 0.205 e. The fourth-order valence-electron chi connectivity index (χ4n) is 1.50. The SMILES string of the molecule is COCC1=Cc2ccccc2S1(=O)=O. The zero-order chi connectivity index (χ0) is 10.2. The molecule has 4 heteroatoms. The van der Waals surface area contributed by atoms with Gasteiger partial charge in [0.05, 0.1) is 16.4 Å². The molecule has 3 nitrogen and oxygen atoms in total. The first-order valence-corrected chi connectivity index (χ1v) is 5.68. The molecule has 74 valence electrons. The fourth-order valence-corrected chi connectivity index (χ4v) is 3.03. The summed E-state index contributed by atoms with van der Waals surface area (Å²) in [7, 11) is -1.79. The van der Waals surface area contributed by atoms with Crippen LogP contribution < -0.4 is 0 Å². The average molecular weight is 210 g/mol. The van der Waals surface area contributed by atoms with Gasteiger partial charge in [-0.3, -0.25) is 0 Å². The van der Waals surface area contributed by atoms with Crippen molar-refractivity contribution in [3.05, 3.63) is 34.7 Å². The van der Waals surface area contributed by atoms with Gasteiger partial charge in [-0.15, -0.1) is 0 Å². The van der Waals surface area contributed by atoms with Gasteiger partial charge < -0.3 is 4.74 Å². The van der Waals surface area contributed by atoms with Crippen molar-refractivity contribution >= 4 is 15.9 Å². The zero-order valence-electron chi connectivity index (χ0n) is 7.73. The third-order valence-electron chi connectivity index (χ3n) is 2.16. The maximum Gasteiger partial charge on any atom is 0.205 e. The third kappa shape index (κ3) is 1.27. The molecule has 0 radical (unpaired) electrons. The molecule has 0 unspecified atom stereocenters. The van der Waals surface area contributed by atoms with E-state index in [1.165, 1.54) is 7.11 Å². The van der Waals surface area contributed by atoms with Crippen LogP contribution in [0.3, 0.4) is 0 Å². The van der Waals surface area contributed by atoms with E-state index in [0.717, 1.165) is 5.56 Å². The summed E-state index contributed by atoms with van der Waals surface area (Å²) in [5, 5.41) is 0. The summed E-state index contributed by atoms with van der Waals surface area (Å²) < 4.78 is 28.5. The monoisotopic (exact) mass is 210 g/mol. The average Bonchev–Trinajstić information content (AvgIpc) is 2.41. The van der Waals surface area contributed by atoms with Crippen LogP contribution in [-0.4, -0.2) is 22.1 Å². The second kappa shape index (κ2) is 3.22. The van der Waals surface area contributed by atoms with E-state index < -0.39 is 9.84 Å². The Morgan fingerprint density at radius 3 is 2.64 bits per heavy atom. The predicted molar refractivity (Wildman–Crippen MR) is 53.5 cm³/mol. The molecule has 1 aliphatic rings. The Kier molecular flexibility index (Phi) is 2.17. The van der Waals surface area contributed by atoms with Crippen LogP contribution in [0, 0.1) is 0 Å². The first kappa shape index (κ1) is 9.43. The van der Waals surface area contributed by atoms with Gasteiger partial charge in [0.2, 0.25) is 9.84 Å². The maximum atomic E-state index is 11.8. The number of sulfone groups is 1. The number of fused-ring (bicyclic) bond motifs is 1. The summed E-state index contributed by atoms with van der Waals surface area (Å²) in [5.41, 5.74) is 0.750. The zero-order valence-corrected chi connectivity index (χ0v) is 8.54. The summed E-state index contributed by atoms with van der Waals surface area (Å²) in [6, 6.07) is 6.94. The highest BCUT2D eigenvalue weighted by atomic mass is 32.2. The van der Waals surface area contributed by atoms with Gasteiger partial charge in [0.15, 0.2) is 0 Å². The number of benzene rings is 1. The van der Waals surface area contributed by atoms with Crippen molar-refractivity contribution in [2.75, 3.05) is 13.7 Å². The standard InChI is InChI=1S/C10H10O3S/c1-13-7-9-6-8-4-2-3-5-10(8)14(9,11)12/h2-6H,7H2,1H3. The highest BCUT2D eigenvalue weighted by Gasteiger charge is 2.28. The van der Waals surface area contributed by atoms with Gasteiger partial charge in [0.1, 0.15) is 0 Å². The van der Waals surface area contributed by atoms with Crippen LogP contribution in [0.25, 0.3) is 6.08 Å². The minimum absolute atomic E-state index is 0.136. The molecule has 1 aromatic carbocycles.